The molecule has 1 atom stereocenters. The summed E-state index contributed by atoms with van der Waals surface area (Å²) in [5.41, 5.74) is -0.605. The monoisotopic (exact) mass is 368 g/mol. The average molecular weight is 369 g/mol. The van der Waals surface area contributed by atoms with Gasteiger partial charge in [0, 0.05) is 49.9 Å². The average Bonchev–Trinajstić information content (AvgIpc) is 3.25. The summed E-state index contributed by atoms with van der Waals surface area (Å²) in [4.78, 5) is 11.0. The molecule has 134 valence electrons. The van der Waals surface area contributed by atoms with Crippen molar-refractivity contribution in [2.24, 2.45) is 4.99 Å². The molecule has 5 nitrogen and oxygen atoms in total. The number of piperazine rings is 1. The molecule has 2 saturated heterocycles. The summed E-state index contributed by atoms with van der Waals surface area (Å²) in [6.45, 7) is 8.62. The van der Waals surface area contributed by atoms with Gasteiger partial charge in [0.1, 0.15) is 0 Å². The molecule has 1 aromatic heterocycles. The molecule has 2 aliphatic heterocycles. The molecule has 24 heavy (non-hydrogen) atoms. The molecular formula is C17H28N4OS2. The van der Waals surface area contributed by atoms with Crippen LogP contribution in [0.15, 0.2) is 22.5 Å². The van der Waals surface area contributed by atoms with Crippen molar-refractivity contribution < 1.29 is 5.11 Å². The summed E-state index contributed by atoms with van der Waals surface area (Å²) in [6.07, 6.45) is 0.856. The zero-order chi connectivity index (χ0) is 16.8. The first-order valence-corrected chi connectivity index (χ1v) is 10.8. The Kier molecular flexibility index (Phi) is 6.43. The lowest BCUT2D eigenvalue weighted by Crippen LogP contribution is -2.52. The fraction of sp³-hybridized carbons (Fsp3) is 0.706. The number of guanidine groups is 1. The van der Waals surface area contributed by atoms with E-state index in [9.17, 15) is 5.11 Å². The molecule has 0 spiro atoms. The first-order chi connectivity index (χ1) is 11.7. The van der Waals surface area contributed by atoms with Gasteiger partial charge in [0.05, 0.1) is 12.1 Å². The van der Waals surface area contributed by atoms with E-state index in [0.29, 0.717) is 6.54 Å². The minimum Gasteiger partial charge on any atom is -0.387 e. The lowest BCUT2D eigenvalue weighted by molar-refractivity contribution is 0.0773. The number of thiophene rings is 1. The number of aliphatic imine (C=N–C) groups is 1. The van der Waals surface area contributed by atoms with Gasteiger partial charge in [-0.05, 0) is 30.5 Å². The number of hydrogen-bond acceptors (Lipinski definition) is 5. The predicted octanol–water partition coefficient (Wildman–Crippen LogP) is 1.70. The van der Waals surface area contributed by atoms with Crippen LogP contribution >= 0.6 is 23.1 Å². The fourth-order valence-electron chi connectivity index (χ4n) is 3.11. The Morgan fingerprint density at radius 2 is 2.21 bits per heavy atom. The van der Waals surface area contributed by atoms with E-state index in [1.807, 2.05) is 23.1 Å². The van der Waals surface area contributed by atoms with Crippen molar-refractivity contribution in [2.45, 2.75) is 25.5 Å². The van der Waals surface area contributed by atoms with Crippen LogP contribution in [0.3, 0.4) is 0 Å². The zero-order valence-electron chi connectivity index (χ0n) is 14.4. The van der Waals surface area contributed by atoms with Crippen LogP contribution in [0, 0.1) is 0 Å². The van der Waals surface area contributed by atoms with E-state index >= 15 is 0 Å². The molecule has 0 aromatic carbocycles. The summed E-state index contributed by atoms with van der Waals surface area (Å²) in [7, 11) is 0. The molecule has 2 aliphatic rings. The van der Waals surface area contributed by atoms with Crippen LogP contribution in [0.5, 0.6) is 0 Å². The number of nitrogens with one attached hydrogen (secondary N) is 1. The quantitative estimate of drug-likeness (QED) is 0.612. The Labute approximate surface area is 153 Å². The minimum atomic E-state index is -0.605. The number of rotatable bonds is 5. The smallest absolute Gasteiger partial charge is 0.194 e. The maximum Gasteiger partial charge on any atom is 0.194 e. The zero-order valence-corrected chi connectivity index (χ0v) is 16.0. The van der Waals surface area contributed by atoms with E-state index in [0.717, 1.165) is 63.2 Å². The van der Waals surface area contributed by atoms with Gasteiger partial charge in [-0.3, -0.25) is 9.89 Å². The molecule has 0 amide bonds. The Hall–Kier alpha value is -0.760. The molecule has 0 aliphatic carbocycles. The van der Waals surface area contributed by atoms with Gasteiger partial charge in [-0.25, -0.2) is 0 Å². The van der Waals surface area contributed by atoms with Crippen LogP contribution in [0.2, 0.25) is 0 Å². The van der Waals surface area contributed by atoms with Crippen molar-refractivity contribution in [1.29, 1.82) is 0 Å². The van der Waals surface area contributed by atoms with Gasteiger partial charge in [-0.15, -0.1) is 11.3 Å². The largest absolute Gasteiger partial charge is 0.387 e. The highest BCUT2D eigenvalue weighted by Gasteiger charge is 2.32. The second kappa shape index (κ2) is 8.56. The van der Waals surface area contributed by atoms with E-state index in [1.165, 1.54) is 4.88 Å². The molecule has 1 unspecified atom stereocenters. The third kappa shape index (κ3) is 4.88. The van der Waals surface area contributed by atoms with Gasteiger partial charge in [-0.2, -0.15) is 11.8 Å². The van der Waals surface area contributed by atoms with Crippen LogP contribution in [0.1, 0.15) is 18.2 Å². The molecule has 3 heterocycles. The number of aliphatic hydroxyl groups is 1. The number of thioether (sulfide) groups is 1. The fourth-order valence-corrected chi connectivity index (χ4v) is 5.14. The summed E-state index contributed by atoms with van der Waals surface area (Å²) >= 11 is 3.66. The first kappa shape index (κ1) is 18.0. The Bertz CT molecular complexity index is 521. The number of nitrogens with zero attached hydrogens (tertiary/aromatic N) is 3. The third-order valence-electron chi connectivity index (χ3n) is 4.57. The SMILES string of the molecule is CCNC(=NCC1(O)CCSC1)N1CCN(Cc2cccs2)CC1. The highest BCUT2D eigenvalue weighted by Crippen LogP contribution is 2.28. The first-order valence-electron chi connectivity index (χ1n) is 8.77. The van der Waals surface area contributed by atoms with Gasteiger partial charge in [-0.1, -0.05) is 6.07 Å². The minimum absolute atomic E-state index is 0.512. The molecule has 1 aromatic rings. The van der Waals surface area contributed by atoms with Crippen molar-refractivity contribution in [3.05, 3.63) is 22.4 Å². The van der Waals surface area contributed by atoms with Crippen LogP contribution in [-0.4, -0.2) is 77.2 Å². The van der Waals surface area contributed by atoms with Crippen molar-refractivity contribution >= 4 is 29.1 Å². The molecule has 0 saturated carbocycles. The molecule has 0 bridgehead atoms. The Morgan fingerprint density at radius 3 is 2.83 bits per heavy atom. The lowest BCUT2D eigenvalue weighted by Gasteiger charge is -2.36. The molecular weight excluding hydrogens is 340 g/mol. The maximum atomic E-state index is 10.5. The Balaban J connectivity index is 1.53. The van der Waals surface area contributed by atoms with E-state index in [-0.39, 0.29) is 0 Å². The summed E-state index contributed by atoms with van der Waals surface area (Å²) in [5.74, 6) is 2.81. The summed E-state index contributed by atoms with van der Waals surface area (Å²) in [6, 6.07) is 4.33. The van der Waals surface area contributed by atoms with Gasteiger partial charge in [0.2, 0.25) is 0 Å². The summed E-state index contributed by atoms with van der Waals surface area (Å²) < 4.78 is 0. The second-order valence-corrected chi connectivity index (χ2v) is 8.68. The highest BCUT2D eigenvalue weighted by atomic mass is 32.2. The topological polar surface area (TPSA) is 51.1 Å². The lowest BCUT2D eigenvalue weighted by atomic mass is 10.0. The van der Waals surface area contributed by atoms with Gasteiger partial charge >= 0.3 is 0 Å². The van der Waals surface area contributed by atoms with E-state index in [2.05, 4.69) is 39.6 Å². The highest BCUT2D eigenvalue weighted by molar-refractivity contribution is 7.99. The van der Waals surface area contributed by atoms with Crippen LogP contribution in [0.4, 0.5) is 0 Å². The van der Waals surface area contributed by atoms with E-state index in [1.54, 1.807) is 0 Å². The molecule has 7 heteroatoms. The molecule has 2 fully saturated rings. The van der Waals surface area contributed by atoms with Crippen molar-refractivity contribution in [1.82, 2.24) is 15.1 Å². The van der Waals surface area contributed by atoms with Crippen LogP contribution in [-0.2, 0) is 6.54 Å². The van der Waals surface area contributed by atoms with Gasteiger partial charge in [0.15, 0.2) is 5.96 Å². The van der Waals surface area contributed by atoms with Gasteiger partial charge in [0.25, 0.3) is 0 Å². The van der Waals surface area contributed by atoms with Crippen molar-refractivity contribution in [2.75, 3.05) is 50.8 Å². The maximum absolute atomic E-state index is 10.5. The molecule has 2 N–H and O–H groups in total. The normalized spacial score (nSPS) is 26.1. The number of hydrogen-bond donors (Lipinski definition) is 2. The van der Waals surface area contributed by atoms with E-state index in [4.69, 9.17) is 4.99 Å². The van der Waals surface area contributed by atoms with Gasteiger partial charge < -0.3 is 15.3 Å². The Morgan fingerprint density at radius 1 is 1.38 bits per heavy atom. The molecule has 0 radical (unpaired) electrons. The van der Waals surface area contributed by atoms with E-state index < -0.39 is 5.60 Å². The van der Waals surface area contributed by atoms with Crippen molar-refractivity contribution in [3.63, 3.8) is 0 Å². The van der Waals surface area contributed by atoms with Crippen LogP contribution < -0.4 is 5.32 Å². The molecule has 3 rings (SSSR count). The van der Waals surface area contributed by atoms with Crippen LogP contribution in [0.25, 0.3) is 0 Å². The second-order valence-electron chi connectivity index (χ2n) is 6.54. The standard InChI is InChI=1S/C17H28N4OS2/c1-2-18-16(19-13-17(22)5-11-23-14-17)21-8-6-20(7-9-21)12-15-4-3-10-24-15/h3-4,10,22H,2,5-9,11-14H2,1H3,(H,18,19). The summed E-state index contributed by atoms with van der Waals surface area (Å²) in [5, 5.41) is 16.1. The van der Waals surface area contributed by atoms with Crippen molar-refractivity contribution in [3.8, 4) is 0 Å². The third-order valence-corrected chi connectivity index (χ3v) is 6.67. The predicted molar refractivity (Wildman–Crippen MR) is 104 cm³/mol.